The van der Waals surface area contributed by atoms with Gasteiger partial charge in [0.25, 0.3) is 0 Å². The zero-order valence-electron chi connectivity index (χ0n) is 12.2. The topological polar surface area (TPSA) is 64.8 Å². The summed E-state index contributed by atoms with van der Waals surface area (Å²) < 4.78 is 11.2. The molecule has 1 amide bonds. The van der Waals surface area contributed by atoms with E-state index in [0.717, 1.165) is 24.8 Å². The average Bonchev–Trinajstić information content (AvgIpc) is 2.87. The van der Waals surface area contributed by atoms with Crippen LogP contribution in [0.5, 0.6) is 0 Å². The number of amides is 1. The van der Waals surface area contributed by atoms with Crippen LogP contribution in [0.4, 0.5) is 4.79 Å². The monoisotopic (exact) mass is 290 g/mol. The van der Waals surface area contributed by atoms with Crippen LogP contribution in [-0.4, -0.2) is 42.3 Å². The van der Waals surface area contributed by atoms with Crippen LogP contribution in [0.3, 0.4) is 0 Å². The van der Waals surface area contributed by atoms with E-state index in [9.17, 15) is 4.79 Å². The molecule has 1 aromatic rings. The fourth-order valence-corrected chi connectivity index (χ4v) is 3.14. The van der Waals surface area contributed by atoms with Gasteiger partial charge in [0, 0.05) is 19.1 Å². The molecule has 0 aromatic heterocycles. The second-order valence-electron chi connectivity index (χ2n) is 5.99. The third-order valence-corrected chi connectivity index (χ3v) is 4.38. The fourth-order valence-electron chi connectivity index (χ4n) is 3.14. The maximum atomic E-state index is 12.1. The number of benzene rings is 1. The zero-order valence-corrected chi connectivity index (χ0v) is 12.2. The van der Waals surface area contributed by atoms with Crippen molar-refractivity contribution in [3.05, 3.63) is 35.9 Å². The van der Waals surface area contributed by atoms with Crippen molar-refractivity contribution in [2.75, 3.05) is 19.7 Å². The van der Waals surface area contributed by atoms with E-state index in [-0.39, 0.29) is 17.7 Å². The number of hydrogen-bond acceptors (Lipinski definition) is 4. The SMILES string of the molecule is N[C@H]1COC2(CCN(C(=O)OCc3ccccc3)CC2)C1. The van der Waals surface area contributed by atoms with Gasteiger partial charge in [-0.05, 0) is 24.8 Å². The molecule has 1 atom stereocenters. The van der Waals surface area contributed by atoms with Gasteiger partial charge >= 0.3 is 6.09 Å². The molecule has 2 aliphatic rings. The standard InChI is InChI=1S/C16H22N2O3/c17-14-10-16(21-12-14)6-8-18(9-7-16)15(19)20-11-13-4-2-1-3-5-13/h1-5,14H,6-12,17H2/t14-/m1/s1. The van der Waals surface area contributed by atoms with Gasteiger partial charge in [0.1, 0.15) is 6.61 Å². The van der Waals surface area contributed by atoms with E-state index >= 15 is 0 Å². The molecular weight excluding hydrogens is 268 g/mol. The van der Waals surface area contributed by atoms with E-state index in [2.05, 4.69) is 0 Å². The summed E-state index contributed by atoms with van der Waals surface area (Å²) >= 11 is 0. The molecule has 2 fully saturated rings. The minimum absolute atomic E-state index is 0.102. The summed E-state index contributed by atoms with van der Waals surface area (Å²) in [7, 11) is 0. The van der Waals surface area contributed by atoms with Crippen LogP contribution < -0.4 is 5.73 Å². The fraction of sp³-hybridized carbons (Fsp3) is 0.562. The summed E-state index contributed by atoms with van der Waals surface area (Å²) in [5.74, 6) is 0. The van der Waals surface area contributed by atoms with Gasteiger partial charge in [-0.25, -0.2) is 4.79 Å². The number of nitrogens with two attached hydrogens (primary N) is 1. The number of carbonyl (C=O) groups is 1. The maximum Gasteiger partial charge on any atom is 0.410 e. The van der Waals surface area contributed by atoms with E-state index < -0.39 is 0 Å². The molecule has 0 aliphatic carbocycles. The van der Waals surface area contributed by atoms with E-state index in [1.54, 1.807) is 4.90 Å². The smallest absolute Gasteiger partial charge is 0.410 e. The van der Waals surface area contributed by atoms with Crippen LogP contribution >= 0.6 is 0 Å². The highest BCUT2D eigenvalue weighted by atomic mass is 16.6. The Balaban J connectivity index is 1.47. The molecule has 0 unspecified atom stereocenters. The van der Waals surface area contributed by atoms with Gasteiger partial charge in [-0.1, -0.05) is 30.3 Å². The number of rotatable bonds is 2. The molecule has 0 saturated carbocycles. The maximum absolute atomic E-state index is 12.1. The summed E-state index contributed by atoms with van der Waals surface area (Å²) in [6.45, 7) is 2.32. The second kappa shape index (κ2) is 6.03. The van der Waals surface area contributed by atoms with Crippen molar-refractivity contribution >= 4 is 6.09 Å². The normalized spacial score (nSPS) is 24.2. The molecule has 2 saturated heterocycles. The van der Waals surface area contributed by atoms with E-state index in [0.29, 0.717) is 26.3 Å². The first-order valence-electron chi connectivity index (χ1n) is 7.52. The van der Waals surface area contributed by atoms with Crippen LogP contribution in [0.25, 0.3) is 0 Å². The van der Waals surface area contributed by atoms with Crippen LogP contribution in [0, 0.1) is 0 Å². The zero-order chi connectivity index (χ0) is 14.7. The minimum atomic E-state index is -0.240. The second-order valence-corrected chi connectivity index (χ2v) is 5.99. The predicted octanol–water partition coefficient (Wildman–Crippen LogP) is 1.91. The summed E-state index contributed by atoms with van der Waals surface area (Å²) in [5, 5.41) is 0. The first kappa shape index (κ1) is 14.4. The van der Waals surface area contributed by atoms with Gasteiger partial charge in [-0.15, -0.1) is 0 Å². The average molecular weight is 290 g/mol. The minimum Gasteiger partial charge on any atom is -0.445 e. The van der Waals surface area contributed by atoms with Crippen molar-refractivity contribution < 1.29 is 14.3 Å². The van der Waals surface area contributed by atoms with Gasteiger partial charge in [0.05, 0.1) is 12.2 Å². The van der Waals surface area contributed by atoms with Crippen LogP contribution in [-0.2, 0) is 16.1 Å². The Hall–Kier alpha value is -1.59. The highest BCUT2D eigenvalue weighted by Crippen LogP contribution is 2.35. The summed E-state index contributed by atoms with van der Waals surface area (Å²) in [4.78, 5) is 13.8. The van der Waals surface area contributed by atoms with Crippen molar-refractivity contribution in [1.82, 2.24) is 4.90 Å². The molecule has 1 spiro atoms. The molecule has 2 N–H and O–H groups in total. The predicted molar refractivity (Wildman–Crippen MR) is 78.7 cm³/mol. The van der Waals surface area contributed by atoms with Crippen LogP contribution in [0.2, 0.25) is 0 Å². The quantitative estimate of drug-likeness (QED) is 0.903. The molecule has 5 heteroatoms. The number of piperidine rings is 1. The first-order chi connectivity index (χ1) is 10.2. The van der Waals surface area contributed by atoms with Gasteiger partial charge < -0.3 is 20.1 Å². The molecule has 1 aromatic carbocycles. The Labute approximate surface area is 125 Å². The third-order valence-electron chi connectivity index (χ3n) is 4.38. The van der Waals surface area contributed by atoms with E-state index in [1.807, 2.05) is 30.3 Å². The summed E-state index contributed by atoms with van der Waals surface area (Å²) in [6, 6.07) is 9.87. The molecule has 2 heterocycles. The molecular formula is C16H22N2O3. The summed E-state index contributed by atoms with van der Waals surface area (Å²) in [6.07, 6.45) is 2.36. The molecule has 0 bridgehead atoms. The van der Waals surface area contributed by atoms with Gasteiger partial charge in [0.2, 0.25) is 0 Å². The largest absolute Gasteiger partial charge is 0.445 e. The lowest BCUT2D eigenvalue weighted by molar-refractivity contribution is -0.0421. The molecule has 3 rings (SSSR count). The van der Waals surface area contributed by atoms with E-state index in [1.165, 1.54) is 0 Å². The Bertz CT molecular complexity index is 484. The van der Waals surface area contributed by atoms with Gasteiger partial charge in [-0.3, -0.25) is 0 Å². The molecule has 2 aliphatic heterocycles. The lowest BCUT2D eigenvalue weighted by atomic mass is 9.88. The number of hydrogen-bond donors (Lipinski definition) is 1. The van der Waals surface area contributed by atoms with Crippen molar-refractivity contribution in [1.29, 1.82) is 0 Å². The van der Waals surface area contributed by atoms with Crippen molar-refractivity contribution in [2.45, 2.75) is 37.5 Å². The van der Waals surface area contributed by atoms with Crippen molar-refractivity contribution in [2.24, 2.45) is 5.73 Å². The van der Waals surface area contributed by atoms with E-state index in [4.69, 9.17) is 15.2 Å². The number of likely N-dealkylation sites (tertiary alicyclic amines) is 1. The molecule has 114 valence electrons. The summed E-state index contributed by atoms with van der Waals surface area (Å²) in [5.41, 5.74) is 6.82. The Kier molecular flexibility index (Phi) is 4.12. The van der Waals surface area contributed by atoms with Crippen molar-refractivity contribution in [3.63, 3.8) is 0 Å². The lowest BCUT2D eigenvalue weighted by Crippen LogP contribution is -2.46. The highest BCUT2D eigenvalue weighted by Gasteiger charge is 2.42. The van der Waals surface area contributed by atoms with Gasteiger partial charge in [-0.2, -0.15) is 0 Å². The molecule has 5 nitrogen and oxygen atoms in total. The molecule has 0 radical (unpaired) electrons. The number of ether oxygens (including phenoxy) is 2. The molecule has 21 heavy (non-hydrogen) atoms. The lowest BCUT2D eigenvalue weighted by Gasteiger charge is -2.38. The van der Waals surface area contributed by atoms with Crippen molar-refractivity contribution in [3.8, 4) is 0 Å². The number of nitrogens with zero attached hydrogens (tertiary/aromatic N) is 1. The number of carbonyl (C=O) groups excluding carboxylic acids is 1. The Morgan fingerprint density at radius 3 is 2.67 bits per heavy atom. The Morgan fingerprint density at radius 2 is 2.05 bits per heavy atom. The highest BCUT2D eigenvalue weighted by molar-refractivity contribution is 5.67. The Morgan fingerprint density at radius 1 is 1.33 bits per heavy atom. The third kappa shape index (κ3) is 3.36. The van der Waals surface area contributed by atoms with Gasteiger partial charge in [0.15, 0.2) is 0 Å². The van der Waals surface area contributed by atoms with Crippen LogP contribution in [0.1, 0.15) is 24.8 Å². The van der Waals surface area contributed by atoms with Crippen LogP contribution in [0.15, 0.2) is 30.3 Å². The first-order valence-corrected chi connectivity index (χ1v) is 7.52.